The van der Waals surface area contributed by atoms with Gasteiger partial charge in [0.2, 0.25) is 0 Å². The lowest BCUT2D eigenvalue weighted by atomic mass is 10.1. The van der Waals surface area contributed by atoms with Crippen LogP contribution < -0.4 is 9.47 Å². The number of benzene rings is 2. The predicted molar refractivity (Wildman–Crippen MR) is 114 cm³/mol. The summed E-state index contributed by atoms with van der Waals surface area (Å²) >= 11 is 6.49. The van der Waals surface area contributed by atoms with E-state index in [0.717, 1.165) is 10.8 Å². The van der Waals surface area contributed by atoms with Gasteiger partial charge in [-0.25, -0.2) is 0 Å². The Morgan fingerprint density at radius 2 is 1.45 bits per heavy atom. The average Bonchev–Trinajstić information content (AvgIpc) is 2.72. The summed E-state index contributed by atoms with van der Waals surface area (Å²) in [4.78, 5) is 0. The lowest BCUT2D eigenvalue weighted by Gasteiger charge is -2.15. The van der Waals surface area contributed by atoms with E-state index in [2.05, 4.69) is 13.2 Å². The maximum atomic E-state index is 9.90. The van der Waals surface area contributed by atoms with Gasteiger partial charge in [0.25, 0.3) is 0 Å². The molecule has 0 spiro atoms. The highest BCUT2D eigenvalue weighted by atomic mass is 35.5. The lowest BCUT2D eigenvalue weighted by molar-refractivity contribution is 0.0213. The van der Waals surface area contributed by atoms with Crippen LogP contribution >= 0.6 is 11.6 Å². The molecule has 0 saturated heterocycles. The Morgan fingerprint density at radius 3 is 2.07 bits per heavy atom. The fraction of sp³-hybridized carbons (Fsp3) is 0.364. The molecule has 6 nitrogen and oxygen atoms in total. The van der Waals surface area contributed by atoms with E-state index in [0.29, 0.717) is 29.7 Å². The summed E-state index contributed by atoms with van der Waals surface area (Å²) in [5.41, 5.74) is 0. The van der Waals surface area contributed by atoms with Crippen LogP contribution in [0.1, 0.15) is 0 Å². The lowest BCUT2D eigenvalue weighted by Crippen LogP contribution is -2.23. The summed E-state index contributed by atoms with van der Waals surface area (Å²) in [7, 11) is 0. The molecule has 0 bridgehead atoms. The van der Waals surface area contributed by atoms with Crippen molar-refractivity contribution >= 4 is 22.4 Å². The minimum atomic E-state index is -0.777. The largest absolute Gasteiger partial charge is 0.491 e. The zero-order chi connectivity index (χ0) is 21.1. The second-order valence-corrected chi connectivity index (χ2v) is 6.72. The fourth-order valence-corrected chi connectivity index (χ4v) is 2.77. The van der Waals surface area contributed by atoms with Crippen LogP contribution in [0.4, 0.5) is 0 Å². The Balaban J connectivity index is 1.98. The molecule has 0 aliphatic rings. The van der Waals surface area contributed by atoms with Gasteiger partial charge in [0.05, 0.1) is 31.5 Å². The van der Waals surface area contributed by atoms with Gasteiger partial charge < -0.3 is 29.2 Å². The van der Waals surface area contributed by atoms with E-state index in [4.69, 9.17) is 30.5 Å². The van der Waals surface area contributed by atoms with Gasteiger partial charge in [-0.2, -0.15) is 0 Å². The summed E-state index contributed by atoms with van der Waals surface area (Å²) in [6.07, 6.45) is 1.70. The van der Waals surface area contributed by atoms with Crippen molar-refractivity contribution in [1.29, 1.82) is 0 Å². The van der Waals surface area contributed by atoms with Crippen molar-refractivity contribution in [2.75, 3.05) is 39.6 Å². The predicted octanol–water partition coefficient (Wildman–Crippen LogP) is 3.38. The van der Waals surface area contributed by atoms with Crippen LogP contribution in [0.5, 0.6) is 11.5 Å². The van der Waals surface area contributed by atoms with E-state index >= 15 is 0 Å². The van der Waals surface area contributed by atoms with Crippen molar-refractivity contribution in [3.63, 3.8) is 0 Å². The van der Waals surface area contributed by atoms with Gasteiger partial charge in [-0.05, 0) is 23.6 Å². The Labute approximate surface area is 175 Å². The van der Waals surface area contributed by atoms with E-state index in [9.17, 15) is 10.2 Å². The van der Waals surface area contributed by atoms with E-state index in [1.54, 1.807) is 30.4 Å². The van der Waals surface area contributed by atoms with Crippen molar-refractivity contribution in [2.24, 2.45) is 0 Å². The Morgan fingerprint density at radius 1 is 0.862 bits per heavy atom. The summed E-state index contributed by atoms with van der Waals surface area (Å²) in [6.45, 7) is 8.29. The Kier molecular flexibility index (Phi) is 9.97. The number of ether oxygens (including phenoxy) is 4. The topological polar surface area (TPSA) is 77.4 Å². The zero-order valence-corrected chi connectivity index (χ0v) is 17.0. The molecular weight excluding hydrogens is 396 g/mol. The number of fused-ring (bicyclic) bond motifs is 1. The molecule has 7 heteroatoms. The summed E-state index contributed by atoms with van der Waals surface area (Å²) in [6, 6.07) is 9.09. The standard InChI is InChI=1S/C22H27ClO6/c1-3-9-26-12-17(24)14-28-19-7-5-16-6-8-21(22(23)20(16)11-19)29-15-18(25)13-27-10-4-2/h3-8,11,17-18,24-25H,1-2,9-10,12-15H2. The molecule has 29 heavy (non-hydrogen) atoms. The maximum Gasteiger partial charge on any atom is 0.138 e. The molecule has 0 aromatic heterocycles. The minimum absolute atomic E-state index is 0.0511. The fourth-order valence-electron chi connectivity index (χ4n) is 2.49. The molecule has 2 aromatic carbocycles. The van der Waals surface area contributed by atoms with Crippen molar-refractivity contribution in [1.82, 2.24) is 0 Å². The highest BCUT2D eigenvalue weighted by Crippen LogP contribution is 2.35. The van der Waals surface area contributed by atoms with Gasteiger partial charge in [0.1, 0.15) is 36.9 Å². The Bertz CT molecular complexity index is 789. The number of rotatable bonds is 14. The highest BCUT2D eigenvalue weighted by molar-refractivity contribution is 6.37. The second-order valence-electron chi connectivity index (χ2n) is 6.34. The SMILES string of the molecule is C=CCOCC(O)COc1ccc2ccc(OCC(O)COCC=C)c(Cl)c2c1. The van der Waals surface area contributed by atoms with Gasteiger partial charge in [-0.3, -0.25) is 0 Å². The quantitative estimate of drug-likeness (QED) is 0.359. The van der Waals surface area contributed by atoms with Crippen LogP contribution in [0.3, 0.4) is 0 Å². The first-order valence-corrected chi connectivity index (χ1v) is 9.64. The third-order valence-electron chi connectivity index (χ3n) is 3.86. The highest BCUT2D eigenvalue weighted by Gasteiger charge is 2.12. The molecule has 0 saturated carbocycles. The third-order valence-corrected chi connectivity index (χ3v) is 4.25. The van der Waals surface area contributed by atoms with E-state index in [-0.39, 0.29) is 26.4 Å². The summed E-state index contributed by atoms with van der Waals surface area (Å²) < 4.78 is 21.7. The van der Waals surface area contributed by atoms with Crippen molar-refractivity contribution < 1.29 is 29.2 Å². The van der Waals surface area contributed by atoms with E-state index in [1.807, 2.05) is 12.1 Å². The molecule has 2 N–H and O–H groups in total. The van der Waals surface area contributed by atoms with Crippen molar-refractivity contribution in [2.45, 2.75) is 12.2 Å². The normalized spacial score (nSPS) is 13.1. The van der Waals surface area contributed by atoms with Crippen LogP contribution in [0.2, 0.25) is 5.02 Å². The second kappa shape index (κ2) is 12.5. The summed E-state index contributed by atoms with van der Waals surface area (Å²) in [5, 5.41) is 21.9. The van der Waals surface area contributed by atoms with Crippen LogP contribution in [-0.4, -0.2) is 62.1 Å². The van der Waals surface area contributed by atoms with Gasteiger partial charge in [0.15, 0.2) is 0 Å². The molecule has 2 unspecified atom stereocenters. The molecule has 2 atom stereocenters. The molecule has 0 amide bonds. The van der Waals surface area contributed by atoms with Crippen molar-refractivity contribution in [3.8, 4) is 11.5 Å². The smallest absolute Gasteiger partial charge is 0.138 e. The number of aliphatic hydroxyl groups is 2. The van der Waals surface area contributed by atoms with Gasteiger partial charge in [-0.15, -0.1) is 13.2 Å². The minimum Gasteiger partial charge on any atom is -0.491 e. The average molecular weight is 423 g/mol. The molecular formula is C22H27ClO6. The van der Waals surface area contributed by atoms with Crippen molar-refractivity contribution in [3.05, 3.63) is 60.7 Å². The van der Waals surface area contributed by atoms with E-state index in [1.165, 1.54) is 0 Å². The monoisotopic (exact) mass is 422 g/mol. The molecule has 0 aliphatic carbocycles. The molecule has 0 heterocycles. The third kappa shape index (κ3) is 7.68. The van der Waals surface area contributed by atoms with Crippen LogP contribution in [0.25, 0.3) is 10.8 Å². The van der Waals surface area contributed by atoms with Gasteiger partial charge in [-0.1, -0.05) is 35.9 Å². The number of aliphatic hydroxyl groups excluding tert-OH is 2. The molecule has 0 aliphatic heterocycles. The first kappa shape index (κ1) is 23.2. The van der Waals surface area contributed by atoms with Crippen LogP contribution in [-0.2, 0) is 9.47 Å². The molecule has 2 aromatic rings. The molecule has 0 radical (unpaired) electrons. The molecule has 0 fully saturated rings. The maximum absolute atomic E-state index is 9.90. The Hall–Kier alpha value is -2.09. The molecule has 2 rings (SSSR count). The van der Waals surface area contributed by atoms with Crippen LogP contribution in [0, 0.1) is 0 Å². The first-order valence-electron chi connectivity index (χ1n) is 9.26. The zero-order valence-electron chi connectivity index (χ0n) is 16.3. The molecule has 158 valence electrons. The van der Waals surface area contributed by atoms with Crippen LogP contribution in [0.15, 0.2) is 55.6 Å². The van der Waals surface area contributed by atoms with Gasteiger partial charge >= 0.3 is 0 Å². The number of hydrogen-bond acceptors (Lipinski definition) is 6. The van der Waals surface area contributed by atoms with E-state index < -0.39 is 12.2 Å². The first-order chi connectivity index (χ1) is 14.0. The van der Waals surface area contributed by atoms with Gasteiger partial charge in [0, 0.05) is 5.39 Å². The number of halogens is 1. The summed E-state index contributed by atoms with van der Waals surface area (Å²) in [5.74, 6) is 1.02. The number of hydrogen-bond donors (Lipinski definition) is 2.